The maximum atomic E-state index is 12.9. The summed E-state index contributed by atoms with van der Waals surface area (Å²) < 4.78 is 18.2. The quantitative estimate of drug-likeness (QED) is 0.825. The summed E-state index contributed by atoms with van der Waals surface area (Å²) in [5.74, 6) is 0.452. The van der Waals surface area contributed by atoms with E-state index in [0.29, 0.717) is 11.3 Å². The van der Waals surface area contributed by atoms with Crippen molar-refractivity contribution in [2.45, 2.75) is 19.4 Å². The molecule has 0 atom stereocenters. The van der Waals surface area contributed by atoms with Gasteiger partial charge >= 0.3 is 0 Å². The third kappa shape index (κ3) is 2.58. The van der Waals surface area contributed by atoms with E-state index in [-0.39, 0.29) is 30.7 Å². The van der Waals surface area contributed by atoms with E-state index in [4.69, 9.17) is 10.5 Å². The topological polar surface area (TPSA) is 52.3 Å². The fourth-order valence-electron chi connectivity index (χ4n) is 1.52. The molecule has 0 aliphatic heterocycles. The highest BCUT2D eigenvalue weighted by Gasteiger charge is 2.29. The lowest BCUT2D eigenvalue weighted by Gasteiger charge is -2.09. The number of rotatable bonds is 5. The van der Waals surface area contributed by atoms with E-state index >= 15 is 0 Å². The number of hydrogen-bond donors (Lipinski definition) is 1. The molecule has 0 unspecified atom stereocenters. The van der Waals surface area contributed by atoms with Crippen LogP contribution in [0.15, 0.2) is 18.2 Å². The molecule has 0 saturated heterocycles. The Hall–Kier alpha value is -1.42. The van der Waals surface area contributed by atoms with Gasteiger partial charge in [0, 0.05) is 18.0 Å². The predicted octanol–water partition coefficient (Wildman–Crippen LogP) is 1.64. The molecule has 1 aliphatic carbocycles. The maximum absolute atomic E-state index is 12.9. The molecule has 0 aromatic heterocycles. The van der Waals surface area contributed by atoms with Crippen LogP contribution in [0.1, 0.15) is 18.4 Å². The Morgan fingerprint density at radius 1 is 1.50 bits per heavy atom. The van der Waals surface area contributed by atoms with Crippen molar-refractivity contribution in [2.24, 2.45) is 11.7 Å². The van der Waals surface area contributed by atoms with E-state index < -0.39 is 0 Å². The summed E-state index contributed by atoms with van der Waals surface area (Å²) in [6.45, 7) is 0.258. The Labute approximate surface area is 93.4 Å². The van der Waals surface area contributed by atoms with E-state index in [9.17, 15) is 9.18 Å². The minimum Gasteiger partial charge on any atom is -0.485 e. The molecule has 1 fully saturated rings. The Kier molecular flexibility index (Phi) is 3.19. The monoisotopic (exact) mass is 223 g/mol. The van der Waals surface area contributed by atoms with Crippen molar-refractivity contribution in [3.8, 4) is 5.75 Å². The number of nitrogens with two attached hydrogens (primary N) is 1. The third-order valence-electron chi connectivity index (χ3n) is 2.65. The van der Waals surface area contributed by atoms with Gasteiger partial charge in [0.25, 0.3) is 0 Å². The molecule has 0 radical (unpaired) electrons. The molecule has 1 aromatic rings. The summed E-state index contributed by atoms with van der Waals surface area (Å²) in [7, 11) is 0. The number of carbonyl (C=O) groups is 1. The lowest BCUT2D eigenvalue weighted by atomic mass is 10.2. The molecule has 0 heterocycles. The smallest absolute Gasteiger partial charge is 0.173 e. The van der Waals surface area contributed by atoms with Gasteiger partial charge < -0.3 is 10.5 Å². The van der Waals surface area contributed by atoms with E-state index in [0.717, 1.165) is 12.8 Å². The van der Waals surface area contributed by atoms with Gasteiger partial charge in [-0.15, -0.1) is 0 Å². The molecule has 2 N–H and O–H groups in total. The summed E-state index contributed by atoms with van der Waals surface area (Å²) in [5, 5.41) is 0. The number of Topliss-reactive ketones (excluding diaryl/α,β-unsaturated/α-hetero) is 1. The molecule has 4 heteroatoms. The van der Waals surface area contributed by atoms with E-state index in [1.807, 2.05) is 0 Å². The van der Waals surface area contributed by atoms with E-state index in [1.165, 1.54) is 18.2 Å². The molecule has 1 aromatic carbocycles. The van der Waals surface area contributed by atoms with Gasteiger partial charge in [-0.3, -0.25) is 4.79 Å². The molecule has 1 aliphatic rings. The highest BCUT2D eigenvalue weighted by molar-refractivity contribution is 5.84. The first-order chi connectivity index (χ1) is 7.70. The normalized spacial score (nSPS) is 14.9. The van der Waals surface area contributed by atoms with Crippen LogP contribution in [-0.2, 0) is 11.3 Å². The second-order valence-electron chi connectivity index (χ2n) is 3.99. The largest absolute Gasteiger partial charge is 0.485 e. The minimum atomic E-state index is -0.346. The van der Waals surface area contributed by atoms with Gasteiger partial charge in [0.2, 0.25) is 0 Å². The zero-order valence-electron chi connectivity index (χ0n) is 8.91. The highest BCUT2D eigenvalue weighted by atomic mass is 19.1. The van der Waals surface area contributed by atoms with Crippen LogP contribution in [0.25, 0.3) is 0 Å². The van der Waals surface area contributed by atoms with E-state index in [2.05, 4.69) is 0 Å². The molecule has 86 valence electrons. The van der Waals surface area contributed by atoms with Gasteiger partial charge in [-0.25, -0.2) is 4.39 Å². The number of ketones is 1. The molecule has 0 bridgehead atoms. The zero-order chi connectivity index (χ0) is 11.5. The third-order valence-corrected chi connectivity index (χ3v) is 2.65. The fourth-order valence-corrected chi connectivity index (χ4v) is 1.52. The van der Waals surface area contributed by atoms with Crippen LogP contribution < -0.4 is 10.5 Å². The summed E-state index contributed by atoms with van der Waals surface area (Å²) >= 11 is 0. The minimum absolute atomic E-state index is 0.0588. The summed E-state index contributed by atoms with van der Waals surface area (Å²) in [6, 6.07) is 4.14. The van der Waals surface area contributed by atoms with Gasteiger partial charge in [0.05, 0.1) is 0 Å². The molecule has 3 nitrogen and oxygen atoms in total. The Morgan fingerprint density at radius 3 is 2.88 bits per heavy atom. The molecule has 2 rings (SSSR count). The first-order valence-electron chi connectivity index (χ1n) is 5.34. The first kappa shape index (κ1) is 11.1. The van der Waals surface area contributed by atoms with Crippen molar-refractivity contribution in [3.05, 3.63) is 29.6 Å². The van der Waals surface area contributed by atoms with Gasteiger partial charge in [0.1, 0.15) is 18.2 Å². The second kappa shape index (κ2) is 4.61. The molecule has 0 spiro atoms. The number of carbonyl (C=O) groups excluding carboxylic acids is 1. The van der Waals surface area contributed by atoms with Crippen molar-refractivity contribution in [2.75, 3.05) is 6.61 Å². The number of hydrogen-bond acceptors (Lipinski definition) is 3. The van der Waals surface area contributed by atoms with Gasteiger partial charge in [-0.1, -0.05) is 0 Å². The summed E-state index contributed by atoms with van der Waals surface area (Å²) in [5.41, 5.74) is 6.05. The molecular weight excluding hydrogens is 209 g/mol. The van der Waals surface area contributed by atoms with Crippen LogP contribution in [0.2, 0.25) is 0 Å². The predicted molar refractivity (Wildman–Crippen MR) is 57.5 cm³/mol. The summed E-state index contributed by atoms with van der Waals surface area (Å²) in [6.07, 6.45) is 1.94. The van der Waals surface area contributed by atoms with Crippen molar-refractivity contribution in [1.29, 1.82) is 0 Å². The lowest BCUT2D eigenvalue weighted by molar-refractivity contribution is -0.122. The highest BCUT2D eigenvalue weighted by Crippen LogP contribution is 2.30. The molecular formula is C12H14FNO2. The standard InChI is InChI=1S/C12H14FNO2/c13-10-3-4-12(9(5-10)6-14)16-7-11(15)8-1-2-8/h3-5,8H,1-2,6-7,14H2. The summed E-state index contributed by atoms with van der Waals surface area (Å²) in [4.78, 5) is 11.4. The number of halogens is 1. The molecule has 16 heavy (non-hydrogen) atoms. The van der Waals surface area contributed by atoms with Crippen molar-refractivity contribution in [3.63, 3.8) is 0 Å². The Balaban J connectivity index is 1.99. The van der Waals surface area contributed by atoms with Crippen LogP contribution in [0.4, 0.5) is 4.39 Å². The SMILES string of the molecule is NCc1cc(F)ccc1OCC(=O)C1CC1. The Bertz CT molecular complexity index is 402. The lowest BCUT2D eigenvalue weighted by Crippen LogP contribution is -2.14. The van der Waals surface area contributed by atoms with Crippen molar-refractivity contribution in [1.82, 2.24) is 0 Å². The number of benzene rings is 1. The van der Waals surface area contributed by atoms with Crippen molar-refractivity contribution >= 4 is 5.78 Å². The van der Waals surface area contributed by atoms with Crippen LogP contribution in [0.5, 0.6) is 5.75 Å². The average molecular weight is 223 g/mol. The second-order valence-corrected chi connectivity index (χ2v) is 3.99. The van der Waals surface area contributed by atoms with E-state index in [1.54, 1.807) is 0 Å². The van der Waals surface area contributed by atoms with Gasteiger partial charge in [0.15, 0.2) is 5.78 Å². The average Bonchev–Trinajstić information content (AvgIpc) is 3.10. The van der Waals surface area contributed by atoms with Gasteiger partial charge in [-0.2, -0.15) is 0 Å². The molecule has 1 saturated carbocycles. The van der Waals surface area contributed by atoms with Crippen LogP contribution in [-0.4, -0.2) is 12.4 Å². The fraction of sp³-hybridized carbons (Fsp3) is 0.417. The van der Waals surface area contributed by atoms with Gasteiger partial charge in [-0.05, 0) is 31.0 Å². The Morgan fingerprint density at radius 2 is 2.25 bits per heavy atom. The zero-order valence-corrected chi connectivity index (χ0v) is 8.91. The maximum Gasteiger partial charge on any atom is 0.173 e. The number of ether oxygens (including phenoxy) is 1. The van der Waals surface area contributed by atoms with Crippen molar-refractivity contribution < 1.29 is 13.9 Å². The first-order valence-corrected chi connectivity index (χ1v) is 5.34. The molecule has 0 amide bonds. The van der Waals surface area contributed by atoms with Crippen LogP contribution in [0.3, 0.4) is 0 Å². The van der Waals surface area contributed by atoms with Crippen LogP contribution >= 0.6 is 0 Å². The van der Waals surface area contributed by atoms with Crippen LogP contribution in [0, 0.1) is 11.7 Å².